The smallest absolute Gasteiger partial charge is 0.203 e. The number of thioether (sulfide) groups is 2. The molecule has 2 rings (SSSR count). The number of thiophene rings is 1. The van der Waals surface area contributed by atoms with Crippen LogP contribution < -0.4 is 0 Å². The van der Waals surface area contributed by atoms with Gasteiger partial charge in [-0.15, -0.1) is 34.9 Å². The van der Waals surface area contributed by atoms with Crippen LogP contribution in [0, 0.1) is 0 Å². The lowest BCUT2D eigenvalue weighted by Gasteiger charge is -2.26. The minimum absolute atomic E-state index is 0.0594. The standard InChI is InChI=1S/C13H16O3S3/c1-17-13(18-2)11(9-8-15-5-6-16-9)12(14)10-4-3-7-19-10/h3-4,7,9H,5-6,8H2,1-2H3. The first kappa shape index (κ1) is 15.1. The Balaban J connectivity index is 2.33. The van der Waals surface area contributed by atoms with E-state index in [2.05, 4.69) is 0 Å². The number of hydrogen-bond acceptors (Lipinski definition) is 6. The Hall–Kier alpha value is -0.270. The Morgan fingerprint density at radius 3 is 2.68 bits per heavy atom. The lowest BCUT2D eigenvalue weighted by atomic mass is 10.1. The first-order valence-electron chi connectivity index (χ1n) is 5.87. The van der Waals surface area contributed by atoms with Gasteiger partial charge in [-0.25, -0.2) is 0 Å². The van der Waals surface area contributed by atoms with Crippen LogP contribution in [0.2, 0.25) is 0 Å². The van der Waals surface area contributed by atoms with Crippen LogP contribution in [0.3, 0.4) is 0 Å². The second-order valence-electron chi connectivity index (χ2n) is 3.85. The molecular weight excluding hydrogens is 300 g/mol. The number of ether oxygens (including phenoxy) is 2. The summed E-state index contributed by atoms with van der Waals surface area (Å²) in [6, 6.07) is 3.75. The van der Waals surface area contributed by atoms with Gasteiger partial charge in [-0.05, 0) is 24.0 Å². The lowest BCUT2D eigenvalue weighted by molar-refractivity contribution is -0.0712. The van der Waals surface area contributed by atoms with E-state index in [0.717, 1.165) is 14.7 Å². The maximum Gasteiger partial charge on any atom is 0.203 e. The molecule has 1 aromatic rings. The van der Waals surface area contributed by atoms with E-state index in [9.17, 15) is 4.79 Å². The van der Waals surface area contributed by atoms with Gasteiger partial charge in [-0.2, -0.15) is 0 Å². The van der Waals surface area contributed by atoms with Crippen molar-refractivity contribution in [3.05, 3.63) is 32.2 Å². The van der Waals surface area contributed by atoms with Crippen LogP contribution >= 0.6 is 34.9 Å². The number of carbonyl (C=O) groups is 1. The van der Waals surface area contributed by atoms with Gasteiger partial charge < -0.3 is 9.47 Å². The quantitative estimate of drug-likeness (QED) is 0.615. The molecule has 0 N–H and O–H groups in total. The molecule has 1 atom stereocenters. The van der Waals surface area contributed by atoms with Crippen molar-refractivity contribution in [3.63, 3.8) is 0 Å². The third-order valence-corrected chi connectivity index (χ3v) is 5.77. The second-order valence-corrected chi connectivity index (χ2v) is 6.69. The molecular formula is C13H16O3S3. The molecule has 0 bridgehead atoms. The monoisotopic (exact) mass is 316 g/mol. The lowest BCUT2D eigenvalue weighted by Crippen LogP contribution is -2.33. The molecule has 0 radical (unpaired) electrons. The molecule has 0 spiro atoms. The van der Waals surface area contributed by atoms with Crippen molar-refractivity contribution in [2.75, 3.05) is 32.3 Å². The summed E-state index contributed by atoms with van der Waals surface area (Å²) in [5.74, 6) is 0.0594. The molecule has 6 heteroatoms. The molecule has 19 heavy (non-hydrogen) atoms. The van der Waals surface area contributed by atoms with Crippen LogP contribution in [0.4, 0.5) is 0 Å². The topological polar surface area (TPSA) is 35.5 Å². The summed E-state index contributed by atoms with van der Waals surface area (Å²) >= 11 is 4.64. The molecule has 3 nitrogen and oxygen atoms in total. The van der Waals surface area contributed by atoms with Gasteiger partial charge >= 0.3 is 0 Å². The number of carbonyl (C=O) groups excluding carboxylic acids is 1. The highest BCUT2D eigenvalue weighted by molar-refractivity contribution is 8.21. The van der Waals surface area contributed by atoms with Crippen molar-refractivity contribution >= 4 is 40.6 Å². The summed E-state index contributed by atoms with van der Waals surface area (Å²) in [5, 5.41) is 1.92. The van der Waals surface area contributed by atoms with Crippen molar-refractivity contribution in [2.24, 2.45) is 0 Å². The average Bonchev–Trinajstić information content (AvgIpc) is 2.99. The van der Waals surface area contributed by atoms with E-state index < -0.39 is 0 Å². The van der Waals surface area contributed by atoms with Crippen molar-refractivity contribution in [2.45, 2.75) is 6.10 Å². The fourth-order valence-electron chi connectivity index (χ4n) is 1.87. The van der Waals surface area contributed by atoms with Crippen LogP contribution in [0.25, 0.3) is 0 Å². The molecule has 0 saturated carbocycles. The molecule has 1 unspecified atom stereocenters. The van der Waals surface area contributed by atoms with Crippen LogP contribution in [0.1, 0.15) is 9.67 Å². The minimum Gasteiger partial charge on any atom is -0.376 e. The van der Waals surface area contributed by atoms with Crippen LogP contribution in [-0.2, 0) is 9.47 Å². The highest BCUT2D eigenvalue weighted by Gasteiger charge is 2.29. The third-order valence-electron chi connectivity index (χ3n) is 2.72. The van der Waals surface area contributed by atoms with Gasteiger partial charge in [0, 0.05) is 4.24 Å². The van der Waals surface area contributed by atoms with E-state index in [0.29, 0.717) is 19.8 Å². The van der Waals surface area contributed by atoms with E-state index in [1.54, 1.807) is 23.5 Å². The van der Waals surface area contributed by atoms with Crippen molar-refractivity contribution in [1.29, 1.82) is 0 Å². The predicted molar refractivity (Wildman–Crippen MR) is 83.3 cm³/mol. The van der Waals surface area contributed by atoms with Crippen LogP contribution in [-0.4, -0.2) is 44.2 Å². The SMILES string of the molecule is CSC(SC)=C(C(=O)c1cccs1)C1COCCO1. The Kier molecular flexibility index (Phi) is 5.97. The Morgan fingerprint density at radius 2 is 2.16 bits per heavy atom. The zero-order valence-corrected chi connectivity index (χ0v) is 13.3. The summed E-state index contributed by atoms with van der Waals surface area (Å²) in [5.41, 5.74) is 0.738. The maximum atomic E-state index is 12.7. The molecule has 0 amide bonds. The van der Waals surface area contributed by atoms with E-state index >= 15 is 0 Å². The Bertz CT molecular complexity index is 442. The van der Waals surface area contributed by atoms with E-state index in [1.807, 2.05) is 30.0 Å². The van der Waals surface area contributed by atoms with Crippen molar-refractivity contribution in [1.82, 2.24) is 0 Å². The van der Waals surface area contributed by atoms with Crippen LogP contribution in [0.15, 0.2) is 27.3 Å². The number of hydrogen-bond donors (Lipinski definition) is 0. The molecule has 104 valence electrons. The van der Waals surface area contributed by atoms with E-state index in [-0.39, 0.29) is 11.9 Å². The summed E-state index contributed by atoms with van der Waals surface area (Å²) in [4.78, 5) is 13.4. The molecule has 1 fully saturated rings. The molecule has 1 saturated heterocycles. The van der Waals surface area contributed by atoms with Gasteiger partial charge in [-0.3, -0.25) is 4.79 Å². The van der Waals surface area contributed by atoms with Gasteiger partial charge in [0.15, 0.2) is 0 Å². The summed E-state index contributed by atoms with van der Waals surface area (Å²) < 4.78 is 12.2. The zero-order valence-electron chi connectivity index (χ0n) is 10.9. The molecule has 1 aliphatic rings. The molecule has 0 aliphatic carbocycles. The number of Topliss-reactive ketones (excluding diaryl/α,β-unsaturated/α-hetero) is 1. The average molecular weight is 316 g/mol. The third kappa shape index (κ3) is 3.64. The first-order chi connectivity index (χ1) is 9.27. The molecule has 0 aromatic carbocycles. The fraction of sp³-hybridized carbons (Fsp3) is 0.462. The van der Waals surface area contributed by atoms with E-state index in [1.165, 1.54) is 11.3 Å². The summed E-state index contributed by atoms with van der Waals surface area (Å²) in [7, 11) is 0. The van der Waals surface area contributed by atoms with Gasteiger partial charge in [0.1, 0.15) is 6.10 Å². The highest BCUT2D eigenvalue weighted by Crippen LogP contribution is 2.33. The number of rotatable bonds is 5. The Morgan fingerprint density at radius 1 is 1.37 bits per heavy atom. The first-order valence-corrected chi connectivity index (χ1v) is 9.20. The normalized spacial score (nSPS) is 19.2. The summed E-state index contributed by atoms with van der Waals surface area (Å²) in [6.07, 6.45) is 3.72. The van der Waals surface area contributed by atoms with Crippen LogP contribution in [0.5, 0.6) is 0 Å². The largest absolute Gasteiger partial charge is 0.376 e. The van der Waals surface area contributed by atoms with Gasteiger partial charge in [0.05, 0.1) is 30.3 Å². The van der Waals surface area contributed by atoms with E-state index in [4.69, 9.17) is 9.47 Å². The number of ketones is 1. The fourth-order valence-corrected chi connectivity index (χ4v) is 4.10. The van der Waals surface area contributed by atoms with Gasteiger partial charge in [-0.1, -0.05) is 6.07 Å². The molecule has 1 aliphatic heterocycles. The maximum absolute atomic E-state index is 12.7. The second kappa shape index (κ2) is 7.50. The van der Waals surface area contributed by atoms with Crippen molar-refractivity contribution < 1.29 is 14.3 Å². The van der Waals surface area contributed by atoms with Crippen molar-refractivity contribution in [3.8, 4) is 0 Å². The summed E-state index contributed by atoms with van der Waals surface area (Å²) in [6.45, 7) is 1.60. The van der Waals surface area contributed by atoms with Gasteiger partial charge in [0.2, 0.25) is 5.78 Å². The Labute approximate surface area is 125 Å². The zero-order chi connectivity index (χ0) is 13.7. The highest BCUT2D eigenvalue weighted by atomic mass is 32.2. The minimum atomic E-state index is -0.252. The predicted octanol–water partition coefficient (Wildman–Crippen LogP) is 3.28. The molecule has 2 heterocycles. The van der Waals surface area contributed by atoms with Gasteiger partial charge in [0.25, 0.3) is 0 Å². The molecule has 1 aromatic heterocycles.